The number of aromatic nitrogens is 2. The largest absolute Gasteiger partial charge is 0.374 e. The van der Waals surface area contributed by atoms with Crippen LogP contribution < -0.4 is 9.80 Å². The summed E-state index contributed by atoms with van der Waals surface area (Å²) in [6, 6.07) is 9.94. The summed E-state index contributed by atoms with van der Waals surface area (Å²) < 4.78 is 21.7. The Kier molecular flexibility index (Phi) is 4.42. The van der Waals surface area contributed by atoms with Crippen molar-refractivity contribution >= 4 is 52.7 Å². The number of nitrogens with zero attached hydrogens (tertiary/aromatic N) is 4. The predicted octanol–water partition coefficient (Wildman–Crippen LogP) is 4.56. The lowest BCUT2D eigenvalue weighted by molar-refractivity contribution is 0.0989. The summed E-state index contributed by atoms with van der Waals surface area (Å²) in [4.78, 5) is 9.53. The molecular formula is C21H20FIN4OS. The van der Waals surface area contributed by atoms with Crippen molar-refractivity contribution in [2.24, 2.45) is 0 Å². The topological polar surface area (TPSA) is 33.5 Å². The van der Waals surface area contributed by atoms with E-state index in [-0.39, 0.29) is 5.82 Å². The molecule has 2 atom stereocenters. The van der Waals surface area contributed by atoms with Gasteiger partial charge in [-0.1, -0.05) is 0 Å². The molecule has 0 radical (unpaired) electrons. The summed E-state index contributed by atoms with van der Waals surface area (Å²) >= 11 is 2.28. The third-order valence-electron chi connectivity index (χ3n) is 6.43. The summed E-state index contributed by atoms with van der Waals surface area (Å²) in [6.45, 7) is 3.54. The van der Waals surface area contributed by atoms with Crippen LogP contribution in [0.2, 0.25) is 0 Å². The van der Waals surface area contributed by atoms with Crippen LogP contribution in [0.5, 0.6) is 0 Å². The maximum absolute atomic E-state index is 13.8. The Labute approximate surface area is 184 Å². The summed E-state index contributed by atoms with van der Waals surface area (Å²) in [5.74, 6) is 0.868. The second-order valence-electron chi connectivity index (χ2n) is 7.99. The molecule has 2 bridgehead atoms. The molecule has 1 aromatic carbocycles. The number of benzene rings is 1. The quantitative estimate of drug-likeness (QED) is 0.472. The normalized spacial score (nSPS) is 23.2. The second kappa shape index (κ2) is 7.02. The van der Waals surface area contributed by atoms with Crippen LogP contribution in [0.1, 0.15) is 17.7 Å². The van der Waals surface area contributed by atoms with Crippen molar-refractivity contribution in [2.45, 2.75) is 31.5 Å². The van der Waals surface area contributed by atoms with E-state index in [1.165, 1.54) is 11.3 Å². The van der Waals surface area contributed by atoms with Crippen LogP contribution in [0.15, 0.2) is 36.5 Å². The molecule has 2 fully saturated rings. The number of hydrogen-bond acceptors (Lipinski definition) is 5. The molecule has 0 aliphatic carbocycles. The van der Waals surface area contributed by atoms with Crippen molar-refractivity contribution in [3.05, 3.63) is 53.6 Å². The van der Waals surface area contributed by atoms with Crippen molar-refractivity contribution in [2.75, 3.05) is 29.5 Å². The maximum Gasteiger partial charge on any atom is 0.129 e. The Morgan fingerprint density at radius 2 is 2.17 bits per heavy atom. The molecule has 2 aromatic heterocycles. The fourth-order valence-electron chi connectivity index (χ4n) is 5.01. The van der Waals surface area contributed by atoms with E-state index >= 15 is 0 Å². The fraction of sp³-hybridized carbons (Fsp3) is 0.381. The van der Waals surface area contributed by atoms with Gasteiger partial charge in [0.05, 0.1) is 36.2 Å². The first kappa shape index (κ1) is 18.3. The zero-order valence-corrected chi connectivity index (χ0v) is 18.7. The van der Waals surface area contributed by atoms with Crippen molar-refractivity contribution in [1.29, 1.82) is 0 Å². The van der Waals surface area contributed by atoms with Crippen LogP contribution >= 0.6 is 30.3 Å². The Hall–Kier alpha value is -1.52. The van der Waals surface area contributed by atoms with Crippen molar-refractivity contribution < 1.29 is 9.13 Å². The average molecular weight is 522 g/mol. The van der Waals surface area contributed by atoms with Gasteiger partial charge in [-0.2, -0.15) is 0 Å². The Bertz CT molecular complexity index is 1090. The van der Waals surface area contributed by atoms with Gasteiger partial charge in [0.15, 0.2) is 0 Å². The predicted molar refractivity (Wildman–Crippen MR) is 123 cm³/mol. The highest BCUT2D eigenvalue weighted by molar-refractivity contribution is 14.2. The van der Waals surface area contributed by atoms with Gasteiger partial charge in [-0.05, 0) is 36.8 Å². The number of ether oxygens (including phenoxy) is 1. The molecule has 0 unspecified atom stereocenters. The Morgan fingerprint density at radius 3 is 2.90 bits per heavy atom. The highest BCUT2D eigenvalue weighted by atomic mass is 127. The molecule has 3 aliphatic heterocycles. The molecule has 29 heavy (non-hydrogen) atoms. The van der Waals surface area contributed by atoms with Gasteiger partial charge in [-0.25, -0.2) is 9.37 Å². The van der Waals surface area contributed by atoms with Gasteiger partial charge in [0.2, 0.25) is 0 Å². The molecule has 0 amide bonds. The second-order valence-corrected chi connectivity index (χ2v) is 9.68. The standard InChI is InChI=1S/C21H20FIN4OS/c22-13-1-3-17-18-11-25(6-5-19(18)27(29-23)20(17)7-13)14-2-4-21(24-9-14)26-10-16-8-15(26)12-28-16/h1-4,7,9,15-16H,5-6,8,10-12H2/t15-,16-/m1/s1. The third-order valence-corrected chi connectivity index (χ3v) is 8.16. The van der Waals surface area contributed by atoms with E-state index < -0.39 is 0 Å². The molecule has 3 aliphatic rings. The molecular weight excluding hydrogens is 502 g/mol. The summed E-state index contributed by atoms with van der Waals surface area (Å²) in [6.07, 6.45) is 4.44. The summed E-state index contributed by atoms with van der Waals surface area (Å²) in [5, 5.41) is 1.15. The van der Waals surface area contributed by atoms with Crippen LogP contribution in [0.25, 0.3) is 10.9 Å². The van der Waals surface area contributed by atoms with Gasteiger partial charge in [-0.3, -0.25) is 3.97 Å². The van der Waals surface area contributed by atoms with Crippen LogP contribution in [0.3, 0.4) is 0 Å². The average Bonchev–Trinajstić information content (AvgIpc) is 3.46. The smallest absolute Gasteiger partial charge is 0.129 e. The van der Waals surface area contributed by atoms with Gasteiger partial charge in [0.1, 0.15) is 11.6 Å². The minimum Gasteiger partial charge on any atom is -0.374 e. The number of pyridine rings is 1. The van der Waals surface area contributed by atoms with E-state index in [0.29, 0.717) is 12.1 Å². The van der Waals surface area contributed by atoms with Gasteiger partial charge < -0.3 is 14.5 Å². The molecule has 0 saturated carbocycles. The van der Waals surface area contributed by atoms with E-state index in [4.69, 9.17) is 9.72 Å². The zero-order valence-electron chi connectivity index (χ0n) is 15.7. The molecule has 2 saturated heterocycles. The SMILES string of the molecule is Fc1ccc2c3c(n(SI)c2c1)CCN(c1ccc(N2C[C@H]4C[C@@H]2CO4)nc1)C3. The van der Waals surface area contributed by atoms with Crippen LogP contribution in [-0.4, -0.2) is 40.8 Å². The van der Waals surface area contributed by atoms with Gasteiger partial charge >= 0.3 is 0 Å². The Balaban J connectivity index is 1.29. The monoisotopic (exact) mass is 522 g/mol. The number of rotatable bonds is 3. The van der Waals surface area contributed by atoms with Gasteiger partial charge in [-0.15, -0.1) is 0 Å². The maximum atomic E-state index is 13.8. The third kappa shape index (κ3) is 2.94. The summed E-state index contributed by atoms with van der Waals surface area (Å²) in [5.41, 5.74) is 4.72. The molecule has 8 heteroatoms. The van der Waals surface area contributed by atoms with E-state index in [1.54, 1.807) is 21.3 Å². The lowest BCUT2D eigenvalue weighted by Gasteiger charge is -2.31. The number of anilines is 2. The van der Waals surface area contributed by atoms with Gasteiger partial charge in [0, 0.05) is 73.0 Å². The molecule has 5 heterocycles. The van der Waals surface area contributed by atoms with Crippen LogP contribution in [0.4, 0.5) is 15.9 Å². The van der Waals surface area contributed by atoms with Crippen LogP contribution in [0, 0.1) is 5.82 Å². The van der Waals surface area contributed by atoms with Gasteiger partial charge in [0.25, 0.3) is 0 Å². The molecule has 150 valence electrons. The first-order valence-electron chi connectivity index (χ1n) is 9.91. The first-order valence-corrected chi connectivity index (χ1v) is 13.2. The Morgan fingerprint density at radius 1 is 1.24 bits per heavy atom. The molecule has 5 nitrogen and oxygen atoms in total. The highest BCUT2D eigenvalue weighted by Crippen LogP contribution is 2.38. The van der Waals surface area contributed by atoms with E-state index in [0.717, 1.165) is 61.5 Å². The van der Waals surface area contributed by atoms with E-state index in [9.17, 15) is 4.39 Å². The van der Waals surface area contributed by atoms with E-state index in [2.05, 4.69) is 47.1 Å². The minimum absolute atomic E-state index is 0.184. The summed E-state index contributed by atoms with van der Waals surface area (Å²) in [7, 11) is 1.62. The zero-order chi connectivity index (χ0) is 19.5. The number of hydrogen-bond donors (Lipinski definition) is 0. The highest BCUT2D eigenvalue weighted by Gasteiger charge is 2.39. The van der Waals surface area contributed by atoms with Crippen molar-refractivity contribution in [3.63, 3.8) is 0 Å². The lowest BCUT2D eigenvalue weighted by Crippen LogP contribution is -2.37. The van der Waals surface area contributed by atoms with Crippen molar-refractivity contribution in [1.82, 2.24) is 8.96 Å². The number of halogens is 2. The van der Waals surface area contributed by atoms with Crippen molar-refractivity contribution in [3.8, 4) is 0 Å². The number of fused-ring (bicyclic) bond motifs is 5. The number of morpholine rings is 1. The van der Waals surface area contributed by atoms with E-state index in [1.807, 2.05) is 12.3 Å². The molecule has 6 rings (SSSR count). The minimum atomic E-state index is -0.184. The fourth-order valence-corrected chi connectivity index (χ4v) is 6.87. The first-order chi connectivity index (χ1) is 14.2. The molecule has 0 N–H and O–H groups in total. The van der Waals surface area contributed by atoms with Crippen LogP contribution in [-0.2, 0) is 17.7 Å². The molecule has 0 spiro atoms. The lowest BCUT2D eigenvalue weighted by atomic mass is 10.0. The molecule has 3 aromatic rings.